The van der Waals surface area contributed by atoms with Crippen LogP contribution in [0.4, 0.5) is 0 Å². The summed E-state index contributed by atoms with van der Waals surface area (Å²) in [5, 5.41) is 18.2. The number of aromatic amines is 1. The van der Waals surface area contributed by atoms with Crippen LogP contribution in [0.25, 0.3) is 10.9 Å². The average Bonchev–Trinajstić information content (AvgIpc) is 2.86. The first kappa shape index (κ1) is 13.1. The van der Waals surface area contributed by atoms with Crippen LogP contribution in [0.2, 0.25) is 0 Å². The molecular formula is C14H21N3O. The van der Waals surface area contributed by atoms with Gasteiger partial charge in [-0.1, -0.05) is 19.9 Å². The largest absolute Gasteiger partial charge is 0.388 e. The second-order valence-corrected chi connectivity index (χ2v) is 4.55. The van der Waals surface area contributed by atoms with Gasteiger partial charge in [0.2, 0.25) is 0 Å². The van der Waals surface area contributed by atoms with E-state index in [1.54, 1.807) is 6.20 Å². The normalized spacial score (nSPS) is 13.3. The monoisotopic (exact) mass is 247 g/mol. The van der Waals surface area contributed by atoms with Crippen molar-refractivity contribution in [3.8, 4) is 0 Å². The molecule has 0 aliphatic rings. The summed E-state index contributed by atoms with van der Waals surface area (Å²) < 4.78 is 0. The number of nitrogens with one attached hydrogen (secondary N) is 1. The van der Waals surface area contributed by atoms with E-state index in [1.165, 1.54) is 0 Å². The summed E-state index contributed by atoms with van der Waals surface area (Å²) in [5.41, 5.74) is 1.98. The number of hydrogen-bond donors (Lipinski definition) is 2. The minimum atomic E-state index is -0.398. The molecule has 1 aromatic heterocycles. The van der Waals surface area contributed by atoms with Crippen molar-refractivity contribution in [2.75, 3.05) is 19.6 Å². The molecule has 1 aromatic carbocycles. The Hall–Kier alpha value is -1.39. The number of benzene rings is 1. The van der Waals surface area contributed by atoms with Crippen LogP contribution in [0.5, 0.6) is 0 Å². The summed E-state index contributed by atoms with van der Waals surface area (Å²) in [4.78, 5) is 2.32. The van der Waals surface area contributed by atoms with Gasteiger partial charge in [-0.2, -0.15) is 5.10 Å². The second kappa shape index (κ2) is 5.98. The van der Waals surface area contributed by atoms with Crippen molar-refractivity contribution in [2.45, 2.75) is 26.4 Å². The minimum Gasteiger partial charge on any atom is -0.388 e. The highest BCUT2D eigenvalue weighted by Crippen LogP contribution is 2.21. The molecular weight excluding hydrogens is 226 g/mol. The van der Waals surface area contributed by atoms with Gasteiger partial charge in [0.1, 0.15) is 0 Å². The van der Waals surface area contributed by atoms with Gasteiger partial charge in [0.05, 0.1) is 17.8 Å². The number of aliphatic hydroxyl groups excluding tert-OH is 1. The third-order valence-corrected chi connectivity index (χ3v) is 3.46. The SMILES string of the molecule is CCN(CC)CCC(O)c1ccc2[nH]ncc2c1. The van der Waals surface area contributed by atoms with Crippen LogP contribution in [0.1, 0.15) is 31.9 Å². The molecule has 98 valence electrons. The Morgan fingerprint density at radius 1 is 1.33 bits per heavy atom. The summed E-state index contributed by atoms with van der Waals surface area (Å²) in [6, 6.07) is 5.94. The smallest absolute Gasteiger partial charge is 0.0802 e. The van der Waals surface area contributed by atoms with Gasteiger partial charge in [-0.25, -0.2) is 0 Å². The highest BCUT2D eigenvalue weighted by atomic mass is 16.3. The maximum atomic E-state index is 10.2. The molecule has 18 heavy (non-hydrogen) atoms. The molecule has 1 heterocycles. The lowest BCUT2D eigenvalue weighted by Gasteiger charge is -2.20. The molecule has 0 amide bonds. The average molecular weight is 247 g/mol. The van der Waals surface area contributed by atoms with Gasteiger partial charge in [-0.05, 0) is 37.2 Å². The van der Waals surface area contributed by atoms with E-state index in [9.17, 15) is 5.11 Å². The van der Waals surface area contributed by atoms with Crippen LogP contribution in [-0.4, -0.2) is 39.8 Å². The molecule has 1 atom stereocenters. The maximum absolute atomic E-state index is 10.2. The first-order valence-electron chi connectivity index (χ1n) is 6.58. The Morgan fingerprint density at radius 3 is 2.83 bits per heavy atom. The van der Waals surface area contributed by atoms with Crippen molar-refractivity contribution in [2.24, 2.45) is 0 Å². The zero-order valence-corrected chi connectivity index (χ0v) is 11.1. The number of nitrogens with zero attached hydrogens (tertiary/aromatic N) is 2. The summed E-state index contributed by atoms with van der Waals surface area (Å²) in [6.07, 6.45) is 2.16. The van der Waals surface area contributed by atoms with Crippen molar-refractivity contribution >= 4 is 10.9 Å². The Balaban J connectivity index is 2.01. The lowest BCUT2D eigenvalue weighted by molar-refractivity contribution is 0.145. The van der Waals surface area contributed by atoms with Crippen molar-refractivity contribution < 1.29 is 5.11 Å². The number of fused-ring (bicyclic) bond motifs is 1. The number of aromatic nitrogens is 2. The minimum absolute atomic E-state index is 0.398. The number of rotatable bonds is 6. The third-order valence-electron chi connectivity index (χ3n) is 3.46. The highest BCUT2D eigenvalue weighted by Gasteiger charge is 2.10. The van der Waals surface area contributed by atoms with E-state index in [4.69, 9.17) is 0 Å². The van der Waals surface area contributed by atoms with Gasteiger partial charge in [0, 0.05) is 11.9 Å². The first-order valence-corrected chi connectivity index (χ1v) is 6.58. The third kappa shape index (κ3) is 2.89. The van der Waals surface area contributed by atoms with E-state index < -0.39 is 6.10 Å². The van der Waals surface area contributed by atoms with Gasteiger partial charge >= 0.3 is 0 Å². The fraction of sp³-hybridized carbons (Fsp3) is 0.500. The summed E-state index contributed by atoms with van der Waals surface area (Å²) >= 11 is 0. The Labute approximate surface area is 108 Å². The molecule has 0 saturated heterocycles. The van der Waals surface area contributed by atoms with Gasteiger partial charge in [0.15, 0.2) is 0 Å². The summed E-state index contributed by atoms with van der Waals surface area (Å²) in [6.45, 7) is 7.28. The van der Waals surface area contributed by atoms with E-state index >= 15 is 0 Å². The maximum Gasteiger partial charge on any atom is 0.0802 e. The molecule has 0 aliphatic carbocycles. The predicted molar refractivity (Wildman–Crippen MR) is 73.5 cm³/mol. The fourth-order valence-electron chi connectivity index (χ4n) is 2.18. The number of aliphatic hydroxyl groups is 1. The molecule has 0 fully saturated rings. The van der Waals surface area contributed by atoms with Crippen LogP contribution >= 0.6 is 0 Å². The van der Waals surface area contributed by atoms with E-state index in [0.717, 1.165) is 42.5 Å². The van der Waals surface area contributed by atoms with E-state index in [0.29, 0.717) is 0 Å². The molecule has 4 heteroatoms. The molecule has 4 nitrogen and oxygen atoms in total. The standard InChI is InChI=1S/C14H21N3O/c1-3-17(4-2)8-7-14(18)11-5-6-13-12(9-11)10-15-16-13/h5-6,9-10,14,18H,3-4,7-8H2,1-2H3,(H,15,16). The number of H-pyrrole nitrogens is 1. The topological polar surface area (TPSA) is 52.1 Å². The molecule has 1 unspecified atom stereocenters. The van der Waals surface area contributed by atoms with Gasteiger partial charge in [-0.15, -0.1) is 0 Å². The van der Waals surface area contributed by atoms with Gasteiger partial charge < -0.3 is 10.0 Å². The molecule has 0 bridgehead atoms. The molecule has 0 radical (unpaired) electrons. The quantitative estimate of drug-likeness (QED) is 0.823. The molecule has 2 rings (SSSR count). The van der Waals surface area contributed by atoms with Gasteiger partial charge in [-0.3, -0.25) is 5.10 Å². The summed E-state index contributed by atoms with van der Waals surface area (Å²) in [7, 11) is 0. The first-order chi connectivity index (χ1) is 8.74. The van der Waals surface area contributed by atoms with Crippen molar-refractivity contribution in [1.29, 1.82) is 0 Å². The summed E-state index contributed by atoms with van der Waals surface area (Å²) in [5.74, 6) is 0. The lowest BCUT2D eigenvalue weighted by Crippen LogP contribution is -2.25. The molecule has 2 N–H and O–H groups in total. The van der Waals surface area contributed by atoms with Crippen LogP contribution in [0, 0.1) is 0 Å². The molecule has 2 aromatic rings. The van der Waals surface area contributed by atoms with Crippen molar-refractivity contribution in [3.63, 3.8) is 0 Å². The van der Waals surface area contributed by atoms with E-state index in [-0.39, 0.29) is 0 Å². The molecule has 0 spiro atoms. The van der Waals surface area contributed by atoms with Crippen LogP contribution in [-0.2, 0) is 0 Å². The zero-order chi connectivity index (χ0) is 13.0. The molecule has 0 saturated carbocycles. The van der Waals surface area contributed by atoms with Crippen LogP contribution in [0.3, 0.4) is 0 Å². The van der Waals surface area contributed by atoms with Crippen LogP contribution in [0.15, 0.2) is 24.4 Å². The van der Waals surface area contributed by atoms with E-state index in [2.05, 4.69) is 28.9 Å². The fourth-order valence-corrected chi connectivity index (χ4v) is 2.18. The van der Waals surface area contributed by atoms with Crippen molar-refractivity contribution in [3.05, 3.63) is 30.0 Å². The van der Waals surface area contributed by atoms with Gasteiger partial charge in [0.25, 0.3) is 0 Å². The van der Waals surface area contributed by atoms with Crippen LogP contribution < -0.4 is 0 Å². The Kier molecular flexibility index (Phi) is 4.33. The van der Waals surface area contributed by atoms with Crippen molar-refractivity contribution in [1.82, 2.24) is 15.1 Å². The number of hydrogen-bond acceptors (Lipinski definition) is 3. The Morgan fingerprint density at radius 2 is 2.11 bits per heavy atom. The molecule has 0 aliphatic heterocycles. The predicted octanol–water partition coefficient (Wildman–Crippen LogP) is 2.33. The second-order valence-electron chi connectivity index (χ2n) is 4.55. The Bertz CT molecular complexity index is 490. The lowest BCUT2D eigenvalue weighted by atomic mass is 10.0. The van der Waals surface area contributed by atoms with E-state index in [1.807, 2.05) is 18.2 Å². The zero-order valence-electron chi connectivity index (χ0n) is 11.1. The highest BCUT2D eigenvalue weighted by molar-refractivity contribution is 5.78.